The summed E-state index contributed by atoms with van der Waals surface area (Å²) in [6.07, 6.45) is -0.649. The SMILES string of the molecule is Cc1nn(-c2cc(F)c(NC(=O)C(O)c3cc(F)cc(Cl)c3)cc2F)c2c(N)ncnc12. The number of aliphatic hydroxyl groups is 1. The van der Waals surface area contributed by atoms with E-state index in [1.54, 1.807) is 6.92 Å². The normalized spacial score (nSPS) is 12.2. The second-order valence-electron chi connectivity index (χ2n) is 6.83. The summed E-state index contributed by atoms with van der Waals surface area (Å²) in [4.78, 5) is 20.2. The van der Waals surface area contributed by atoms with Crippen molar-refractivity contribution in [3.05, 3.63) is 70.4 Å². The third-order valence-corrected chi connectivity index (χ3v) is 4.84. The Labute approximate surface area is 183 Å². The van der Waals surface area contributed by atoms with Gasteiger partial charge in [0.2, 0.25) is 0 Å². The Hall–Kier alpha value is -3.70. The summed E-state index contributed by atoms with van der Waals surface area (Å²) < 4.78 is 44.1. The quantitative estimate of drug-likeness (QED) is 0.427. The number of carbonyl (C=O) groups is 1. The Morgan fingerprint density at radius 2 is 1.91 bits per heavy atom. The highest BCUT2D eigenvalue weighted by atomic mass is 35.5. The lowest BCUT2D eigenvalue weighted by Crippen LogP contribution is -2.22. The molecule has 0 saturated carbocycles. The van der Waals surface area contributed by atoms with E-state index < -0.39 is 35.2 Å². The van der Waals surface area contributed by atoms with Crippen LogP contribution in [-0.2, 0) is 4.79 Å². The number of nitrogen functional groups attached to an aromatic ring is 1. The van der Waals surface area contributed by atoms with Gasteiger partial charge >= 0.3 is 0 Å². The van der Waals surface area contributed by atoms with Crippen LogP contribution < -0.4 is 11.1 Å². The number of carbonyl (C=O) groups excluding carboxylic acids is 1. The molecule has 0 aliphatic carbocycles. The number of amides is 1. The van der Waals surface area contributed by atoms with Crippen LogP contribution in [0.2, 0.25) is 5.02 Å². The molecule has 164 valence electrons. The molecule has 2 aromatic carbocycles. The second kappa shape index (κ2) is 8.09. The number of nitrogens with one attached hydrogen (secondary N) is 1. The molecule has 1 atom stereocenters. The van der Waals surface area contributed by atoms with Gasteiger partial charge in [-0.1, -0.05) is 11.6 Å². The van der Waals surface area contributed by atoms with Crippen LogP contribution in [0.3, 0.4) is 0 Å². The van der Waals surface area contributed by atoms with Crippen molar-refractivity contribution in [3.63, 3.8) is 0 Å². The van der Waals surface area contributed by atoms with Gasteiger partial charge in [-0.25, -0.2) is 27.8 Å². The molecule has 0 aliphatic rings. The largest absolute Gasteiger partial charge is 0.382 e. The molecule has 8 nitrogen and oxygen atoms in total. The maximum Gasteiger partial charge on any atom is 0.257 e. The number of fused-ring (bicyclic) bond motifs is 1. The predicted octanol–water partition coefficient (Wildman–Crippen LogP) is 3.45. The second-order valence-corrected chi connectivity index (χ2v) is 7.27. The van der Waals surface area contributed by atoms with Crippen molar-refractivity contribution in [2.45, 2.75) is 13.0 Å². The molecule has 0 aliphatic heterocycles. The Balaban J connectivity index is 1.68. The highest BCUT2D eigenvalue weighted by Gasteiger charge is 2.23. The van der Waals surface area contributed by atoms with Gasteiger partial charge in [-0.05, 0) is 30.7 Å². The van der Waals surface area contributed by atoms with E-state index in [2.05, 4.69) is 20.4 Å². The Morgan fingerprint density at radius 1 is 1.16 bits per heavy atom. The first-order valence-corrected chi connectivity index (χ1v) is 9.43. The van der Waals surface area contributed by atoms with Crippen LogP contribution in [0.15, 0.2) is 36.7 Å². The van der Waals surface area contributed by atoms with Gasteiger partial charge in [0.25, 0.3) is 5.91 Å². The smallest absolute Gasteiger partial charge is 0.257 e. The fourth-order valence-electron chi connectivity index (χ4n) is 3.17. The molecule has 4 aromatic rings. The zero-order valence-electron chi connectivity index (χ0n) is 16.3. The van der Waals surface area contributed by atoms with Crippen molar-refractivity contribution < 1.29 is 23.1 Å². The predicted molar refractivity (Wildman–Crippen MR) is 111 cm³/mol. The van der Waals surface area contributed by atoms with E-state index in [4.69, 9.17) is 17.3 Å². The maximum atomic E-state index is 14.9. The van der Waals surface area contributed by atoms with E-state index in [9.17, 15) is 23.1 Å². The summed E-state index contributed by atoms with van der Waals surface area (Å²) >= 11 is 5.72. The first-order chi connectivity index (χ1) is 15.2. The number of anilines is 2. The van der Waals surface area contributed by atoms with E-state index in [0.717, 1.165) is 28.9 Å². The molecule has 0 bridgehead atoms. The Morgan fingerprint density at radius 3 is 2.62 bits per heavy atom. The van der Waals surface area contributed by atoms with Crippen LogP contribution in [0.5, 0.6) is 0 Å². The third-order valence-electron chi connectivity index (χ3n) is 4.63. The van der Waals surface area contributed by atoms with Crippen molar-refractivity contribution in [1.82, 2.24) is 19.7 Å². The zero-order chi connectivity index (χ0) is 23.2. The van der Waals surface area contributed by atoms with Gasteiger partial charge in [0, 0.05) is 17.2 Å². The summed E-state index contributed by atoms with van der Waals surface area (Å²) in [7, 11) is 0. The molecule has 2 aromatic heterocycles. The zero-order valence-corrected chi connectivity index (χ0v) is 17.0. The molecule has 4 rings (SSSR count). The number of aromatic nitrogens is 4. The summed E-state index contributed by atoms with van der Waals surface area (Å²) in [5.41, 5.74) is 5.84. The average molecular weight is 463 g/mol. The number of rotatable bonds is 4. The van der Waals surface area contributed by atoms with E-state index in [1.165, 1.54) is 12.4 Å². The average Bonchev–Trinajstić information content (AvgIpc) is 3.07. The molecule has 2 heterocycles. The molecule has 12 heteroatoms. The van der Waals surface area contributed by atoms with Crippen LogP contribution in [0.1, 0.15) is 17.4 Å². The molecule has 0 saturated heterocycles. The summed E-state index contributed by atoms with van der Waals surface area (Å²) in [5.74, 6) is -3.83. The lowest BCUT2D eigenvalue weighted by molar-refractivity contribution is -0.124. The van der Waals surface area contributed by atoms with E-state index in [-0.39, 0.29) is 27.6 Å². The van der Waals surface area contributed by atoms with Crippen LogP contribution in [0.25, 0.3) is 16.7 Å². The minimum Gasteiger partial charge on any atom is -0.382 e. The van der Waals surface area contributed by atoms with Gasteiger partial charge in [0.05, 0.1) is 11.4 Å². The highest BCUT2D eigenvalue weighted by molar-refractivity contribution is 6.30. The molecule has 0 spiro atoms. The first kappa shape index (κ1) is 21.5. The Kier molecular flexibility index (Phi) is 5.45. The number of benzene rings is 2. The monoisotopic (exact) mass is 462 g/mol. The molecule has 4 N–H and O–H groups in total. The lowest BCUT2D eigenvalue weighted by atomic mass is 10.1. The lowest BCUT2D eigenvalue weighted by Gasteiger charge is -2.14. The fraction of sp³-hybridized carbons (Fsp3) is 0.100. The fourth-order valence-corrected chi connectivity index (χ4v) is 3.40. The molecule has 1 amide bonds. The molecule has 32 heavy (non-hydrogen) atoms. The van der Waals surface area contributed by atoms with Gasteiger partial charge < -0.3 is 16.2 Å². The van der Waals surface area contributed by atoms with Crippen molar-refractivity contribution >= 4 is 40.0 Å². The summed E-state index contributed by atoms with van der Waals surface area (Å²) in [5, 5.41) is 16.3. The molecule has 1 unspecified atom stereocenters. The standard InChI is InChI=1S/C20H14ClF3N6O2/c1-8-16-17(19(25)27-7-26-16)30(29-8)15-6-12(23)14(5-13(15)24)28-20(32)18(31)9-2-10(21)4-11(22)3-9/h2-7,18,31H,1H3,(H,28,32)(H2,25,26,27). The van der Waals surface area contributed by atoms with Crippen molar-refractivity contribution in [3.8, 4) is 5.69 Å². The number of hydrogen-bond donors (Lipinski definition) is 3. The minimum absolute atomic E-state index is 0.0182. The molecular weight excluding hydrogens is 449 g/mol. The number of nitrogens with two attached hydrogens (primary N) is 1. The van der Waals surface area contributed by atoms with Gasteiger partial charge in [-0.2, -0.15) is 5.10 Å². The number of halogens is 4. The van der Waals surface area contributed by atoms with E-state index in [0.29, 0.717) is 11.2 Å². The van der Waals surface area contributed by atoms with E-state index in [1.807, 2.05) is 0 Å². The van der Waals surface area contributed by atoms with Gasteiger partial charge in [-0.3, -0.25) is 4.79 Å². The highest BCUT2D eigenvalue weighted by Crippen LogP contribution is 2.29. The van der Waals surface area contributed by atoms with Crippen LogP contribution in [-0.4, -0.2) is 30.8 Å². The maximum absolute atomic E-state index is 14.9. The minimum atomic E-state index is -1.88. The molecule has 0 fully saturated rings. The van der Waals surface area contributed by atoms with E-state index >= 15 is 0 Å². The number of aryl methyl sites for hydroxylation is 1. The van der Waals surface area contributed by atoms with Crippen LogP contribution in [0.4, 0.5) is 24.7 Å². The number of nitrogens with zero attached hydrogens (tertiary/aromatic N) is 4. The van der Waals surface area contributed by atoms with Gasteiger partial charge in [0.1, 0.15) is 34.7 Å². The van der Waals surface area contributed by atoms with Crippen molar-refractivity contribution in [2.75, 3.05) is 11.1 Å². The third kappa shape index (κ3) is 3.83. The topological polar surface area (TPSA) is 119 Å². The summed E-state index contributed by atoms with van der Waals surface area (Å²) in [6.45, 7) is 1.62. The van der Waals surface area contributed by atoms with Crippen LogP contribution >= 0.6 is 11.6 Å². The van der Waals surface area contributed by atoms with Crippen LogP contribution in [0, 0.1) is 24.4 Å². The van der Waals surface area contributed by atoms with Gasteiger partial charge in [-0.15, -0.1) is 0 Å². The summed E-state index contributed by atoms with van der Waals surface area (Å²) in [6, 6.07) is 4.58. The van der Waals surface area contributed by atoms with Crippen molar-refractivity contribution in [2.24, 2.45) is 0 Å². The number of hydrogen-bond acceptors (Lipinski definition) is 6. The van der Waals surface area contributed by atoms with Gasteiger partial charge in [0.15, 0.2) is 17.7 Å². The number of aliphatic hydroxyl groups excluding tert-OH is 1. The van der Waals surface area contributed by atoms with Crippen molar-refractivity contribution in [1.29, 1.82) is 0 Å². The first-order valence-electron chi connectivity index (χ1n) is 9.06. The molecular formula is C20H14ClF3N6O2. The molecule has 0 radical (unpaired) electrons. The Bertz CT molecular complexity index is 1360.